The van der Waals surface area contributed by atoms with Crippen molar-refractivity contribution in [1.29, 1.82) is 0 Å². The van der Waals surface area contributed by atoms with Crippen molar-refractivity contribution in [1.82, 2.24) is 0 Å². The lowest BCUT2D eigenvalue weighted by atomic mass is 9.88. The van der Waals surface area contributed by atoms with E-state index >= 15 is 0 Å². The Morgan fingerprint density at radius 1 is 0.268 bits per heavy atom. The monoisotopic (exact) mass is 1950 g/mol. The zero-order valence-electron chi connectivity index (χ0n) is 87.1. The van der Waals surface area contributed by atoms with Gasteiger partial charge in [0.15, 0.2) is 0 Å². The summed E-state index contributed by atoms with van der Waals surface area (Å²) in [5.74, 6) is -1.58. The number of carboxylic acids is 2. The van der Waals surface area contributed by atoms with Crippen LogP contribution in [0.3, 0.4) is 0 Å². The van der Waals surface area contributed by atoms with Crippen LogP contribution in [0.25, 0.3) is 70.2 Å². The van der Waals surface area contributed by atoms with E-state index in [1.807, 2.05) is 165 Å². The fraction of sp³-hybridized carbons (Fsp3) is 0.103. The Hall–Kier alpha value is -18.2. The molecule has 0 unspecified atom stereocenters. The van der Waals surface area contributed by atoms with Gasteiger partial charge in [0.1, 0.15) is 5.75 Å². The largest absolute Gasteiger partial charge is 0.545 e. The third-order valence-electron chi connectivity index (χ3n) is 26.7. The van der Waals surface area contributed by atoms with Gasteiger partial charge in [-0.25, -0.2) is 0 Å². The van der Waals surface area contributed by atoms with Crippen molar-refractivity contribution in [2.24, 2.45) is 0 Å². The number of ether oxygens (including phenoxy) is 1. The molecule has 0 aromatic heterocycles. The van der Waals surface area contributed by atoms with E-state index in [1.54, 1.807) is 33.3 Å². The van der Waals surface area contributed by atoms with Gasteiger partial charge in [0.05, 0.1) is 19.0 Å². The van der Waals surface area contributed by atoms with Crippen LogP contribution in [-0.4, -0.2) is 66.4 Å². The summed E-state index contributed by atoms with van der Waals surface area (Å²) in [6.45, 7) is 33.1. The molecular weight excluding hydrogens is 1830 g/mol. The van der Waals surface area contributed by atoms with Crippen LogP contribution >= 0.6 is 0 Å². The lowest BCUT2D eigenvalue weighted by Gasteiger charge is -2.26. The maximum atomic E-state index is 12.2. The number of para-hydroxylation sites is 4. The molecule has 0 heterocycles. The van der Waals surface area contributed by atoms with Gasteiger partial charge < -0.3 is 80.3 Å². The Balaban J connectivity index is 0.000000157. The van der Waals surface area contributed by atoms with Crippen LogP contribution in [0.4, 0.5) is 73.9 Å². The average Bonchev–Trinajstić information content (AvgIpc) is 0.761. The first-order valence-electron chi connectivity index (χ1n) is 49.8. The van der Waals surface area contributed by atoms with Crippen molar-refractivity contribution in [2.45, 2.75) is 41.5 Å². The van der Waals surface area contributed by atoms with E-state index in [0.29, 0.717) is 16.8 Å². The molecule has 0 aliphatic heterocycles. The summed E-state index contributed by atoms with van der Waals surface area (Å²) in [6.07, 6.45) is 0. The van der Waals surface area contributed by atoms with Crippen LogP contribution in [-0.2, 0) is 0 Å². The Morgan fingerprint density at radius 3 is 0.906 bits per heavy atom. The molecular formula is C136H128N8O5-4. The second-order valence-electron chi connectivity index (χ2n) is 35.8. The summed E-state index contributed by atoms with van der Waals surface area (Å²) >= 11 is 0. The van der Waals surface area contributed by atoms with Gasteiger partial charge in [0.2, 0.25) is 0 Å². The van der Waals surface area contributed by atoms with Crippen LogP contribution in [0.15, 0.2) is 437 Å². The third kappa shape index (κ3) is 24.9. The second-order valence-corrected chi connectivity index (χ2v) is 35.8. The molecule has 4 N–H and O–H groups in total. The van der Waals surface area contributed by atoms with E-state index in [0.717, 1.165) is 148 Å². The van der Waals surface area contributed by atoms with Gasteiger partial charge in [-0.15, -0.1) is 0 Å². The molecule has 149 heavy (non-hydrogen) atoms. The highest BCUT2D eigenvalue weighted by atomic mass is 16.5. The van der Waals surface area contributed by atoms with Gasteiger partial charge in [0.25, 0.3) is 0 Å². The number of hydrogen-bond acceptors (Lipinski definition) is 13. The zero-order chi connectivity index (χ0) is 103. The summed E-state index contributed by atoms with van der Waals surface area (Å²) < 4.78 is 5.33. The van der Waals surface area contributed by atoms with Crippen LogP contribution < -0.4 is 97.6 Å². The number of rotatable bonds is 28. The van der Waals surface area contributed by atoms with Gasteiger partial charge in [0, 0.05) is 143 Å². The summed E-state index contributed by atoms with van der Waals surface area (Å²) in [5, 5.41) is 49.9. The SMILES string of the molecule is C=c1ccc(=C(c2ccc(N(CC)CC)cc2)c2ccc(NC)cc2C(=O)[O-])cc1.C=c1ccc(=C(c2ccc(N(CC)CC)cc2C)c2ccc(Nc3ccc(OC)cc3)c3ccccc23)cc1.C=c1ccc(=C(c2ccc(N(c3ccccc3)c3ccccc3)cc2)c2ccc(NC)cc2C(=O)[O-])cc1.C=c1ccc(=C(c2ccc(N(c3ccccc3)c3ccccc3)cc2C)c2ccc(NC)c3ccccc23)cc1.[CH3-].[CH3-]. The first-order chi connectivity index (χ1) is 71.7. The highest BCUT2D eigenvalue weighted by Crippen LogP contribution is 2.43. The van der Waals surface area contributed by atoms with Crippen molar-refractivity contribution in [2.75, 3.05) is 95.3 Å². The summed E-state index contributed by atoms with van der Waals surface area (Å²) in [5.41, 5.74) is 28.3. The number of carbonyl (C=O) groups excluding carboxylic acids is 2. The maximum Gasteiger partial charge on any atom is 0.119 e. The lowest BCUT2D eigenvalue weighted by molar-refractivity contribution is -0.256. The van der Waals surface area contributed by atoms with E-state index < -0.39 is 11.9 Å². The minimum atomic E-state index is -1.22. The summed E-state index contributed by atoms with van der Waals surface area (Å²) in [6, 6.07) is 149. The van der Waals surface area contributed by atoms with E-state index in [4.69, 9.17) is 4.74 Å². The fourth-order valence-corrected chi connectivity index (χ4v) is 19.1. The molecule has 0 spiro atoms. The Morgan fingerprint density at radius 2 is 0.557 bits per heavy atom. The van der Waals surface area contributed by atoms with Gasteiger partial charge in [-0.3, -0.25) is 0 Å². The van der Waals surface area contributed by atoms with Crippen LogP contribution in [0.2, 0.25) is 0 Å². The molecule has 0 bridgehead atoms. The van der Waals surface area contributed by atoms with Crippen molar-refractivity contribution in [3.05, 3.63) is 560 Å². The number of carboxylic acid groups (broad SMARTS) is 2. The number of aromatic carboxylic acids is 2. The highest BCUT2D eigenvalue weighted by molar-refractivity contribution is 6.07. The van der Waals surface area contributed by atoms with Crippen molar-refractivity contribution >= 4 is 156 Å². The average molecular weight is 1950 g/mol. The smallest absolute Gasteiger partial charge is 0.119 e. The van der Waals surface area contributed by atoms with Crippen molar-refractivity contribution in [3.8, 4) is 5.75 Å². The molecule has 19 rings (SSSR count). The third-order valence-corrected chi connectivity index (χ3v) is 26.7. The maximum absolute atomic E-state index is 12.2. The van der Waals surface area contributed by atoms with Gasteiger partial charge in [-0.1, -0.05) is 305 Å². The number of carbonyl (C=O) groups is 2. The summed E-state index contributed by atoms with van der Waals surface area (Å²) in [7, 11) is 7.19. The van der Waals surface area contributed by atoms with Crippen LogP contribution in [0.1, 0.15) is 104 Å². The number of nitrogens with one attached hydrogen (secondary N) is 4. The van der Waals surface area contributed by atoms with E-state index in [1.165, 1.54) is 82.2 Å². The summed E-state index contributed by atoms with van der Waals surface area (Å²) in [4.78, 5) is 33.3. The normalized spacial score (nSPS) is 10.6. The van der Waals surface area contributed by atoms with Crippen LogP contribution in [0, 0.1) is 28.7 Å². The fourth-order valence-electron chi connectivity index (χ4n) is 19.1. The molecule has 0 atom stereocenters. The minimum absolute atomic E-state index is 0. The molecule has 0 radical (unpaired) electrons. The number of fused-ring (bicyclic) bond motifs is 2. The van der Waals surface area contributed by atoms with E-state index in [9.17, 15) is 19.8 Å². The number of hydrogen-bond donors (Lipinski definition) is 4. The Bertz CT molecular complexity index is 8240. The molecule has 0 aliphatic rings. The molecule has 13 nitrogen and oxygen atoms in total. The second kappa shape index (κ2) is 50.4. The predicted octanol–water partition coefficient (Wildman–Crippen LogP) is 24.4. The zero-order valence-corrected chi connectivity index (χ0v) is 87.1. The molecule has 0 fully saturated rings. The Kier molecular flexibility index (Phi) is 36.0. The van der Waals surface area contributed by atoms with Crippen LogP contribution in [0.5, 0.6) is 5.75 Å². The van der Waals surface area contributed by atoms with Crippen molar-refractivity contribution in [3.63, 3.8) is 0 Å². The molecule has 19 aromatic rings. The minimum Gasteiger partial charge on any atom is -0.545 e. The first-order valence-corrected chi connectivity index (χ1v) is 49.8. The quantitative estimate of drug-likeness (QED) is 0.0345. The topological polar surface area (TPSA) is 151 Å². The lowest BCUT2D eigenvalue weighted by Crippen LogP contribution is -2.25. The molecule has 746 valence electrons. The molecule has 0 aliphatic carbocycles. The molecule has 0 saturated carbocycles. The number of nitrogens with zero attached hydrogens (tertiary/aromatic N) is 4. The standard InChI is InChI=1S/C38H32N2.C36H36N2O.C34H28N2O2.C26H28N2O2.2CH3/c1-27-18-20-29(21-19-27)38(36-24-25-37(39-3)35-17-11-10-16-34(35)36)33-23-22-32(26-28(33)2)40(30-12-6-4-7-13-30)31-14-8-5-9-15-31;1-6-38(7-2)29-18-21-31(26(4)24-29)36(27-14-12-25(3)13-15-27)34-22-23-35(33-11-9-8-10-32(33)34)37-28-16-19-30(39-5)20-17-28;1-24-13-15-25(16-14-24)33(31-22-19-27(35-2)23-32(31)34(37)38)26-17-20-30(21-18-26)36(28-9-5-3-6-10-28)29-11-7-4-8-12-29;1-5-28(6-2)22-14-11-20(12-15-22)25(19-9-7-18(3)8-10-19)23-16-13-21(27-4)17-24(23)26(29)30;;/h4-26,39H,1H2,2-3H3;8-24,37H,3,6-7H2,1-2,4-5H3;3-23,35H,1H2,2H3,(H,37,38);7-17,27H,3,5-6H2,1-2,4H3,(H,29,30);2*1H3/q;;;;2*-1/p-2. The Labute approximate surface area is 877 Å². The number of aryl methyl sites for hydroxylation is 2. The number of methoxy groups -OCH3 is 1. The number of anilines is 13. The van der Waals surface area contributed by atoms with Gasteiger partial charge >= 0.3 is 0 Å². The number of benzene rings is 19. The van der Waals surface area contributed by atoms with Gasteiger partial charge in [-0.05, 0) is 330 Å². The molecule has 0 amide bonds. The molecule has 19 aromatic carbocycles. The van der Waals surface area contributed by atoms with E-state index in [2.05, 4.69) is 376 Å². The molecule has 13 heteroatoms. The molecule has 0 saturated heterocycles. The van der Waals surface area contributed by atoms with Gasteiger partial charge in [-0.2, -0.15) is 0 Å². The van der Waals surface area contributed by atoms with E-state index in [-0.39, 0.29) is 26.0 Å². The predicted molar refractivity (Wildman–Crippen MR) is 630 cm³/mol. The first kappa shape index (κ1) is 107. The van der Waals surface area contributed by atoms with Crippen molar-refractivity contribution < 1.29 is 24.5 Å². The highest BCUT2D eigenvalue weighted by Gasteiger charge is 2.24.